The molecular formula is C10H14N4O3. The van der Waals surface area contributed by atoms with Crippen molar-refractivity contribution in [3.05, 3.63) is 12.0 Å². The van der Waals surface area contributed by atoms with Crippen LogP contribution in [0, 0.1) is 0 Å². The first kappa shape index (κ1) is 11.4. The lowest BCUT2D eigenvalue weighted by atomic mass is 10.3. The molecule has 0 saturated heterocycles. The standard InChI is InChI=1S/C10H14N4O3/c1-6(2)12-8(15)7-5-17-10-13-9(16)11-3-4-14(7)10/h5-6H,3-4H2,1-2H3,(H,11,16)(H,12,15). The van der Waals surface area contributed by atoms with Gasteiger partial charge in [0.1, 0.15) is 12.0 Å². The van der Waals surface area contributed by atoms with Crippen LogP contribution >= 0.6 is 0 Å². The number of amidine groups is 1. The Labute approximate surface area is 98.5 Å². The van der Waals surface area contributed by atoms with Crippen molar-refractivity contribution in [1.82, 2.24) is 15.5 Å². The lowest BCUT2D eigenvalue weighted by molar-refractivity contribution is -0.119. The molecule has 0 saturated carbocycles. The number of carbonyl (C=O) groups excluding carboxylic acids is 2. The molecule has 2 N–H and O–H groups in total. The van der Waals surface area contributed by atoms with Gasteiger partial charge in [0.05, 0.1) is 0 Å². The number of fused-ring (bicyclic) bond motifs is 1. The van der Waals surface area contributed by atoms with E-state index in [-0.39, 0.29) is 18.0 Å². The molecule has 0 spiro atoms. The quantitative estimate of drug-likeness (QED) is 0.695. The third-order valence-corrected chi connectivity index (χ3v) is 2.26. The molecule has 0 aromatic rings. The van der Waals surface area contributed by atoms with Crippen LogP contribution in [0.25, 0.3) is 0 Å². The second kappa shape index (κ2) is 4.44. The molecule has 0 unspecified atom stereocenters. The van der Waals surface area contributed by atoms with E-state index in [4.69, 9.17) is 4.74 Å². The molecule has 17 heavy (non-hydrogen) atoms. The lowest BCUT2D eigenvalue weighted by Crippen LogP contribution is -2.39. The maximum atomic E-state index is 11.8. The van der Waals surface area contributed by atoms with Crippen molar-refractivity contribution < 1.29 is 14.3 Å². The number of amides is 3. The summed E-state index contributed by atoms with van der Waals surface area (Å²) in [4.78, 5) is 28.3. The van der Waals surface area contributed by atoms with E-state index < -0.39 is 6.03 Å². The SMILES string of the molecule is CC(C)NC(=O)C1=COC2=NC(=O)NCCN12. The molecule has 2 rings (SSSR count). The Morgan fingerprint density at radius 2 is 2.41 bits per heavy atom. The summed E-state index contributed by atoms with van der Waals surface area (Å²) in [6, 6.07) is -0.272. The monoisotopic (exact) mass is 238 g/mol. The largest absolute Gasteiger partial charge is 0.431 e. The Balaban J connectivity index is 2.14. The summed E-state index contributed by atoms with van der Waals surface area (Å²) in [6.45, 7) is 4.62. The summed E-state index contributed by atoms with van der Waals surface area (Å²) in [5.41, 5.74) is 0.369. The molecule has 0 aromatic heterocycles. The summed E-state index contributed by atoms with van der Waals surface area (Å²) in [5, 5.41) is 5.33. The van der Waals surface area contributed by atoms with Crippen molar-refractivity contribution in [2.24, 2.45) is 4.99 Å². The van der Waals surface area contributed by atoms with Gasteiger partial charge in [-0.15, -0.1) is 4.99 Å². The molecule has 0 bridgehead atoms. The molecule has 3 amide bonds. The fraction of sp³-hybridized carbons (Fsp3) is 0.500. The molecule has 0 fully saturated rings. The van der Waals surface area contributed by atoms with Crippen LogP contribution in [-0.4, -0.2) is 42.0 Å². The van der Waals surface area contributed by atoms with Crippen molar-refractivity contribution >= 4 is 18.0 Å². The average molecular weight is 238 g/mol. The molecule has 2 aliphatic rings. The van der Waals surface area contributed by atoms with Gasteiger partial charge in [-0.05, 0) is 13.8 Å². The van der Waals surface area contributed by atoms with Crippen LogP contribution in [-0.2, 0) is 9.53 Å². The van der Waals surface area contributed by atoms with Crippen LogP contribution in [0.1, 0.15) is 13.8 Å². The summed E-state index contributed by atoms with van der Waals surface area (Å²) >= 11 is 0. The predicted octanol–water partition coefficient (Wildman–Crippen LogP) is -0.236. The number of carbonyl (C=O) groups is 2. The van der Waals surface area contributed by atoms with Gasteiger partial charge in [-0.25, -0.2) is 4.79 Å². The number of rotatable bonds is 2. The molecule has 7 nitrogen and oxygen atoms in total. The zero-order chi connectivity index (χ0) is 12.4. The van der Waals surface area contributed by atoms with Crippen LogP contribution in [0.2, 0.25) is 0 Å². The van der Waals surface area contributed by atoms with Gasteiger partial charge in [-0.3, -0.25) is 9.69 Å². The average Bonchev–Trinajstić information content (AvgIpc) is 2.52. The van der Waals surface area contributed by atoms with Crippen molar-refractivity contribution in [2.75, 3.05) is 13.1 Å². The smallest absolute Gasteiger partial charge is 0.345 e. The first-order valence-corrected chi connectivity index (χ1v) is 5.39. The van der Waals surface area contributed by atoms with E-state index in [1.807, 2.05) is 13.8 Å². The summed E-state index contributed by atoms with van der Waals surface area (Å²) in [7, 11) is 0. The van der Waals surface area contributed by atoms with Crippen molar-refractivity contribution in [3.8, 4) is 0 Å². The van der Waals surface area contributed by atoms with Crippen LogP contribution in [0.3, 0.4) is 0 Å². The first-order chi connectivity index (χ1) is 8.08. The van der Waals surface area contributed by atoms with Crippen LogP contribution < -0.4 is 10.6 Å². The van der Waals surface area contributed by atoms with Crippen molar-refractivity contribution in [3.63, 3.8) is 0 Å². The van der Waals surface area contributed by atoms with E-state index in [1.165, 1.54) is 6.26 Å². The van der Waals surface area contributed by atoms with Gasteiger partial charge in [0, 0.05) is 19.1 Å². The van der Waals surface area contributed by atoms with Gasteiger partial charge >= 0.3 is 12.1 Å². The van der Waals surface area contributed by atoms with E-state index in [0.29, 0.717) is 18.8 Å². The highest BCUT2D eigenvalue weighted by Crippen LogP contribution is 2.16. The maximum Gasteiger partial charge on any atom is 0.345 e. The predicted molar refractivity (Wildman–Crippen MR) is 60.0 cm³/mol. The van der Waals surface area contributed by atoms with E-state index in [2.05, 4.69) is 15.6 Å². The maximum absolute atomic E-state index is 11.8. The van der Waals surface area contributed by atoms with Crippen LogP contribution in [0.15, 0.2) is 17.0 Å². The summed E-state index contributed by atoms with van der Waals surface area (Å²) in [5.74, 6) is -0.237. The number of nitrogens with zero attached hydrogens (tertiary/aromatic N) is 2. The van der Waals surface area contributed by atoms with E-state index >= 15 is 0 Å². The third kappa shape index (κ3) is 2.38. The van der Waals surface area contributed by atoms with Gasteiger partial charge in [-0.1, -0.05) is 0 Å². The van der Waals surface area contributed by atoms with Gasteiger partial charge in [0.25, 0.3) is 5.91 Å². The molecule has 7 heteroatoms. The fourth-order valence-electron chi connectivity index (χ4n) is 1.55. The molecular weight excluding hydrogens is 224 g/mol. The number of ether oxygens (including phenoxy) is 1. The molecule has 0 aliphatic carbocycles. The third-order valence-electron chi connectivity index (χ3n) is 2.26. The lowest BCUT2D eigenvalue weighted by Gasteiger charge is -2.18. The Bertz CT molecular complexity index is 414. The number of urea groups is 1. The topological polar surface area (TPSA) is 83.0 Å². The molecule has 2 aliphatic heterocycles. The fourth-order valence-corrected chi connectivity index (χ4v) is 1.55. The number of aliphatic imine (C=N–C) groups is 1. The van der Waals surface area contributed by atoms with Crippen molar-refractivity contribution in [1.29, 1.82) is 0 Å². The second-order valence-electron chi connectivity index (χ2n) is 4.03. The highest BCUT2D eigenvalue weighted by molar-refractivity contribution is 6.01. The van der Waals surface area contributed by atoms with Gasteiger partial charge in [0.15, 0.2) is 0 Å². The molecule has 92 valence electrons. The highest BCUT2D eigenvalue weighted by atomic mass is 16.5. The molecule has 0 radical (unpaired) electrons. The summed E-state index contributed by atoms with van der Waals surface area (Å²) in [6.07, 6.45) is 1.31. The zero-order valence-corrected chi connectivity index (χ0v) is 9.69. The van der Waals surface area contributed by atoms with Crippen LogP contribution in [0.5, 0.6) is 0 Å². The minimum Gasteiger partial charge on any atom is -0.431 e. The Morgan fingerprint density at radius 1 is 1.65 bits per heavy atom. The Hall–Kier alpha value is -2.05. The summed E-state index contributed by atoms with van der Waals surface area (Å²) < 4.78 is 5.11. The minimum absolute atomic E-state index is 0.0381. The molecule has 0 aromatic carbocycles. The Morgan fingerprint density at radius 3 is 3.12 bits per heavy atom. The van der Waals surface area contributed by atoms with E-state index in [1.54, 1.807) is 4.90 Å². The first-order valence-electron chi connectivity index (χ1n) is 5.39. The van der Waals surface area contributed by atoms with E-state index in [0.717, 1.165) is 0 Å². The normalized spacial score (nSPS) is 18.8. The number of hydrogen-bond donors (Lipinski definition) is 2. The molecule has 0 atom stereocenters. The van der Waals surface area contributed by atoms with Crippen molar-refractivity contribution in [2.45, 2.75) is 19.9 Å². The molecule has 2 heterocycles. The Kier molecular flexibility index (Phi) is 2.99. The number of nitrogens with one attached hydrogen (secondary N) is 2. The number of hydrogen-bond acceptors (Lipinski definition) is 4. The van der Waals surface area contributed by atoms with Crippen LogP contribution in [0.4, 0.5) is 4.79 Å². The van der Waals surface area contributed by atoms with Gasteiger partial charge < -0.3 is 15.4 Å². The van der Waals surface area contributed by atoms with Gasteiger partial charge in [-0.2, -0.15) is 0 Å². The highest BCUT2D eigenvalue weighted by Gasteiger charge is 2.31. The van der Waals surface area contributed by atoms with Gasteiger partial charge in [0.2, 0.25) is 0 Å². The van der Waals surface area contributed by atoms with E-state index in [9.17, 15) is 9.59 Å². The zero-order valence-electron chi connectivity index (χ0n) is 9.69. The minimum atomic E-state index is -0.457. The second-order valence-corrected chi connectivity index (χ2v) is 4.03.